The van der Waals surface area contributed by atoms with E-state index < -0.39 is 0 Å². The van der Waals surface area contributed by atoms with Crippen molar-refractivity contribution in [3.05, 3.63) is 0 Å². The van der Waals surface area contributed by atoms with Gasteiger partial charge in [-0.1, -0.05) is 32.6 Å². The van der Waals surface area contributed by atoms with Gasteiger partial charge in [0, 0.05) is 5.92 Å². The van der Waals surface area contributed by atoms with Crippen molar-refractivity contribution >= 4 is 0 Å². The molecule has 0 N–H and O–H groups in total. The summed E-state index contributed by atoms with van der Waals surface area (Å²) in [6.07, 6.45) is 8.35. The molecule has 2 unspecified atom stereocenters. The van der Waals surface area contributed by atoms with Crippen LogP contribution in [-0.4, -0.2) is 0 Å². The molecule has 12 heavy (non-hydrogen) atoms. The number of rotatable bonds is 0. The molecule has 1 aliphatic carbocycles. The first-order valence-electron chi connectivity index (χ1n) is 5.25. The number of hydrogen-bond donors (Lipinski definition) is 0. The molecule has 0 aromatic rings. The van der Waals surface area contributed by atoms with Crippen molar-refractivity contribution in [1.29, 1.82) is 0 Å². The fraction of sp³-hybridized carbons (Fsp3) is 0.833. The van der Waals surface area contributed by atoms with Gasteiger partial charge in [-0.3, -0.25) is 0 Å². The quantitative estimate of drug-likeness (QED) is 0.480. The molecular weight excluding hydrogens is 144 g/mol. The highest BCUT2D eigenvalue weighted by molar-refractivity contribution is 5.01. The maximum absolute atomic E-state index is 3.33. The van der Waals surface area contributed by atoms with Crippen LogP contribution in [0.4, 0.5) is 0 Å². The molecule has 2 atom stereocenters. The summed E-state index contributed by atoms with van der Waals surface area (Å²) in [5.41, 5.74) is 0. The second-order valence-corrected chi connectivity index (χ2v) is 4.07. The predicted molar refractivity (Wildman–Crippen MR) is 53.8 cm³/mol. The van der Waals surface area contributed by atoms with Gasteiger partial charge < -0.3 is 0 Å². The van der Waals surface area contributed by atoms with E-state index in [0.717, 1.165) is 5.92 Å². The van der Waals surface area contributed by atoms with Crippen LogP contribution in [0.25, 0.3) is 0 Å². The SMILES string of the molecule is CC#CC1CCCCCC(C)C1. The van der Waals surface area contributed by atoms with E-state index in [9.17, 15) is 0 Å². The summed E-state index contributed by atoms with van der Waals surface area (Å²) in [4.78, 5) is 0. The maximum atomic E-state index is 3.33. The van der Waals surface area contributed by atoms with E-state index in [2.05, 4.69) is 18.8 Å². The van der Waals surface area contributed by atoms with Gasteiger partial charge in [-0.25, -0.2) is 0 Å². The Balaban J connectivity index is 2.41. The highest BCUT2D eigenvalue weighted by Gasteiger charge is 2.13. The zero-order valence-electron chi connectivity index (χ0n) is 8.40. The Morgan fingerprint density at radius 1 is 1.08 bits per heavy atom. The van der Waals surface area contributed by atoms with Gasteiger partial charge in [0.05, 0.1) is 0 Å². The summed E-state index contributed by atoms with van der Waals surface area (Å²) < 4.78 is 0. The molecule has 0 aromatic carbocycles. The smallest absolute Gasteiger partial charge is 0.0205 e. The van der Waals surface area contributed by atoms with Crippen molar-refractivity contribution in [2.75, 3.05) is 0 Å². The van der Waals surface area contributed by atoms with Crippen LogP contribution >= 0.6 is 0 Å². The van der Waals surface area contributed by atoms with E-state index in [1.54, 1.807) is 0 Å². The van der Waals surface area contributed by atoms with Gasteiger partial charge in [0.25, 0.3) is 0 Å². The summed E-state index contributed by atoms with van der Waals surface area (Å²) in [5.74, 6) is 7.99. The third kappa shape index (κ3) is 3.30. The van der Waals surface area contributed by atoms with Crippen LogP contribution < -0.4 is 0 Å². The molecule has 0 saturated heterocycles. The summed E-state index contributed by atoms with van der Waals surface area (Å²) in [5, 5.41) is 0. The molecule has 0 amide bonds. The number of hydrogen-bond acceptors (Lipinski definition) is 0. The van der Waals surface area contributed by atoms with Gasteiger partial charge >= 0.3 is 0 Å². The molecule has 0 aromatic heterocycles. The fourth-order valence-electron chi connectivity index (χ4n) is 2.12. The lowest BCUT2D eigenvalue weighted by Gasteiger charge is -2.19. The van der Waals surface area contributed by atoms with Crippen LogP contribution in [0.5, 0.6) is 0 Å². The largest absolute Gasteiger partial charge is 0.106 e. The minimum absolute atomic E-state index is 0.699. The molecule has 0 spiro atoms. The molecule has 1 aliphatic rings. The molecule has 1 fully saturated rings. The highest BCUT2D eigenvalue weighted by atomic mass is 14.2. The first-order chi connectivity index (χ1) is 5.83. The lowest BCUT2D eigenvalue weighted by Crippen LogP contribution is -2.08. The van der Waals surface area contributed by atoms with Crippen molar-refractivity contribution in [2.45, 2.75) is 52.4 Å². The Morgan fingerprint density at radius 3 is 2.58 bits per heavy atom. The monoisotopic (exact) mass is 164 g/mol. The Kier molecular flexibility index (Phi) is 4.22. The average molecular weight is 164 g/mol. The van der Waals surface area contributed by atoms with E-state index in [0.29, 0.717) is 5.92 Å². The Bertz CT molecular complexity index is 170. The highest BCUT2D eigenvalue weighted by Crippen LogP contribution is 2.25. The van der Waals surface area contributed by atoms with Crippen LogP contribution in [-0.2, 0) is 0 Å². The van der Waals surface area contributed by atoms with Gasteiger partial charge in [0.1, 0.15) is 0 Å². The van der Waals surface area contributed by atoms with Crippen LogP contribution in [0, 0.1) is 23.7 Å². The van der Waals surface area contributed by atoms with E-state index >= 15 is 0 Å². The van der Waals surface area contributed by atoms with Crippen LogP contribution in [0.2, 0.25) is 0 Å². The molecule has 1 rings (SSSR count). The first-order valence-corrected chi connectivity index (χ1v) is 5.25. The third-order valence-corrected chi connectivity index (χ3v) is 2.78. The Morgan fingerprint density at radius 2 is 1.83 bits per heavy atom. The summed E-state index contributed by atoms with van der Waals surface area (Å²) in [7, 11) is 0. The van der Waals surface area contributed by atoms with Crippen molar-refractivity contribution in [1.82, 2.24) is 0 Å². The van der Waals surface area contributed by atoms with Gasteiger partial charge in [0.15, 0.2) is 0 Å². The second-order valence-electron chi connectivity index (χ2n) is 4.07. The molecule has 1 saturated carbocycles. The molecule has 0 nitrogen and oxygen atoms in total. The van der Waals surface area contributed by atoms with E-state index in [1.165, 1.54) is 38.5 Å². The standard InChI is InChI=1S/C12H20/c1-3-7-12-9-6-4-5-8-11(2)10-12/h11-12H,4-6,8-10H2,1-2H3. The molecule has 68 valence electrons. The zero-order chi connectivity index (χ0) is 8.81. The summed E-state index contributed by atoms with van der Waals surface area (Å²) >= 11 is 0. The molecule has 0 bridgehead atoms. The normalized spacial score (nSPS) is 31.2. The predicted octanol–water partition coefficient (Wildman–Crippen LogP) is 3.62. The summed E-state index contributed by atoms with van der Waals surface area (Å²) in [6, 6.07) is 0. The second kappa shape index (κ2) is 5.25. The molecule has 0 aliphatic heterocycles. The van der Waals surface area contributed by atoms with Gasteiger partial charge in [0.2, 0.25) is 0 Å². The summed E-state index contributed by atoms with van der Waals surface area (Å²) in [6.45, 7) is 4.33. The Hall–Kier alpha value is -0.440. The van der Waals surface area contributed by atoms with Crippen molar-refractivity contribution in [3.8, 4) is 11.8 Å². The first kappa shape index (κ1) is 9.65. The average Bonchev–Trinajstić information content (AvgIpc) is 2.00. The lowest BCUT2D eigenvalue weighted by molar-refractivity contribution is 0.359. The van der Waals surface area contributed by atoms with Crippen molar-refractivity contribution in [3.63, 3.8) is 0 Å². The van der Waals surface area contributed by atoms with Crippen LogP contribution in [0.3, 0.4) is 0 Å². The fourth-order valence-corrected chi connectivity index (χ4v) is 2.12. The van der Waals surface area contributed by atoms with Gasteiger partial charge in [-0.2, -0.15) is 0 Å². The molecule has 0 heteroatoms. The topological polar surface area (TPSA) is 0 Å². The molecular formula is C12H20. The minimum Gasteiger partial charge on any atom is -0.106 e. The molecule has 0 radical (unpaired) electrons. The molecule has 0 heterocycles. The van der Waals surface area contributed by atoms with Crippen LogP contribution in [0.15, 0.2) is 0 Å². The maximum Gasteiger partial charge on any atom is 0.0205 e. The van der Waals surface area contributed by atoms with E-state index in [-0.39, 0.29) is 0 Å². The Labute approximate surface area is 76.7 Å². The van der Waals surface area contributed by atoms with E-state index in [4.69, 9.17) is 0 Å². The van der Waals surface area contributed by atoms with Gasteiger partial charge in [-0.05, 0) is 25.7 Å². The van der Waals surface area contributed by atoms with Crippen molar-refractivity contribution < 1.29 is 0 Å². The lowest BCUT2D eigenvalue weighted by atomic mass is 9.85. The van der Waals surface area contributed by atoms with Gasteiger partial charge in [-0.15, -0.1) is 11.8 Å². The van der Waals surface area contributed by atoms with Crippen LogP contribution in [0.1, 0.15) is 52.4 Å². The zero-order valence-corrected chi connectivity index (χ0v) is 8.40. The van der Waals surface area contributed by atoms with Crippen molar-refractivity contribution in [2.24, 2.45) is 11.8 Å². The minimum atomic E-state index is 0.699. The third-order valence-electron chi connectivity index (χ3n) is 2.78. The van der Waals surface area contributed by atoms with E-state index in [1.807, 2.05) is 6.92 Å².